The molecule has 1 atom stereocenters. The molecule has 22 heavy (non-hydrogen) atoms. The maximum Gasteiger partial charge on any atom is 0.270 e. The van der Waals surface area contributed by atoms with Gasteiger partial charge < -0.3 is 4.74 Å². The molecule has 1 fully saturated rings. The van der Waals surface area contributed by atoms with Gasteiger partial charge in [0.15, 0.2) is 0 Å². The summed E-state index contributed by atoms with van der Waals surface area (Å²) in [5.74, 6) is 0. The third kappa shape index (κ3) is 3.45. The highest BCUT2D eigenvalue weighted by molar-refractivity contribution is 7.89. The summed E-state index contributed by atoms with van der Waals surface area (Å²) in [4.78, 5) is 10.2. The number of sulfonamides is 1. The third-order valence-electron chi connectivity index (χ3n) is 3.66. The maximum atomic E-state index is 12.7. The quantitative estimate of drug-likeness (QED) is 0.625. The topological polar surface area (TPSA) is 89.8 Å². The van der Waals surface area contributed by atoms with Crippen LogP contribution >= 0.6 is 0 Å². The normalized spacial score (nSPS) is 20.8. The van der Waals surface area contributed by atoms with Crippen LogP contribution in [0.25, 0.3) is 0 Å². The number of hydrogen-bond acceptors (Lipinski definition) is 5. The van der Waals surface area contributed by atoms with Crippen molar-refractivity contribution in [2.75, 3.05) is 19.7 Å². The Kier molecular flexibility index (Phi) is 4.55. The minimum atomic E-state index is -3.76. The first-order valence-electron chi connectivity index (χ1n) is 6.98. The van der Waals surface area contributed by atoms with Gasteiger partial charge in [-0.25, -0.2) is 8.42 Å². The largest absolute Gasteiger partial charge is 0.375 e. The summed E-state index contributed by atoms with van der Waals surface area (Å²) in [5, 5.41) is 10.8. The fourth-order valence-corrected chi connectivity index (χ4v) is 3.74. The zero-order chi connectivity index (χ0) is 16.5. The molecule has 0 amide bonds. The number of ether oxygens (including phenoxy) is 1. The Morgan fingerprint density at radius 2 is 2.05 bits per heavy atom. The van der Waals surface area contributed by atoms with E-state index >= 15 is 0 Å². The van der Waals surface area contributed by atoms with Gasteiger partial charge in [-0.1, -0.05) is 26.8 Å². The number of nitro groups is 1. The van der Waals surface area contributed by atoms with E-state index in [0.717, 1.165) is 6.07 Å². The Balaban J connectivity index is 2.30. The molecule has 1 saturated heterocycles. The van der Waals surface area contributed by atoms with E-state index in [1.54, 1.807) is 0 Å². The molecule has 0 bridgehead atoms. The van der Waals surface area contributed by atoms with Gasteiger partial charge in [0.25, 0.3) is 5.69 Å². The van der Waals surface area contributed by atoms with Gasteiger partial charge in [-0.05, 0) is 11.5 Å². The summed E-state index contributed by atoms with van der Waals surface area (Å²) in [6, 6.07) is 5.13. The second-order valence-electron chi connectivity index (χ2n) is 6.34. The highest BCUT2D eigenvalue weighted by Gasteiger charge is 2.36. The number of nitrogens with zero attached hydrogens (tertiary/aromatic N) is 2. The Morgan fingerprint density at radius 3 is 2.64 bits per heavy atom. The summed E-state index contributed by atoms with van der Waals surface area (Å²) in [6.07, 6.45) is -0.213. The molecule has 0 spiro atoms. The molecule has 0 saturated carbocycles. The van der Waals surface area contributed by atoms with E-state index in [-0.39, 0.29) is 35.2 Å². The van der Waals surface area contributed by atoms with Crippen molar-refractivity contribution in [1.82, 2.24) is 4.31 Å². The lowest BCUT2D eigenvalue weighted by Crippen LogP contribution is -2.49. The van der Waals surface area contributed by atoms with Gasteiger partial charge in [0.05, 0.1) is 22.5 Å². The average Bonchev–Trinajstić information content (AvgIpc) is 2.46. The zero-order valence-corrected chi connectivity index (χ0v) is 13.7. The van der Waals surface area contributed by atoms with E-state index in [4.69, 9.17) is 4.74 Å². The van der Waals surface area contributed by atoms with Gasteiger partial charge in [0.2, 0.25) is 10.0 Å². The molecule has 0 N–H and O–H groups in total. The number of rotatable bonds is 3. The number of morpholine rings is 1. The van der Waals surface area contributed by atoms with Gasteiger partial charge in [-0.3, -0.25) is 10.1 Å². The molecular weight excluding hydrogens is 308 g/mol. The summed E-state index contributed by atoms with van der Waals surface area (Å²) in [5.41, 5.74) is -0.418. The predicted octanol–water partition coefficient (Wildman–Crippen LogP) is 2.03. The molecule has 122 valence electrons. The van der Waals surface area contributed by atoms with Crippen LogP contribution in [-0.4, -0.2) is 43.4 Å². The van der Waals surface area contributed by atoms with Crippen molar-refractivity contribution in [2.24, 2.45) is 5.41 Å². The van der Waals surface area contributed by atoms with Crippen molar-refractivity contribution >= 4 is 15.7 Å². The first kappa shape index (κ1) is 16.9. The van der Waals surface area contributed by atoms with Crippen molar-refractivity contribution in [3.8, 4) is 0 Å². The second-order valence-corrected chi connectivity index (χ2v) is 8.28. The first-order valence-corrected chi connectivity index (χ1v) is 8.42. The lowest BCUT2D eigenvalue weighted by molar-refractivity contribution is -0.385. The van der Waals surface area contributed by atoms with Crippen LogP contribution in [0.3, 0.4) is 0 Å². The van der Waals surface area contributed by atoms with Gasteiger partial charge in [-0.2, -0.15) is 4.31 Å². The fourth-order valence-electron chi connectivity index (χ4n) is 2.27. The molecule has 0 aliphatic carbocycles. The van der Waals surface area contributed by atoms with Crippen molar-refractivity contribution in [3.05, 3.63) is 34.4 Å². The van der Waals surface area contributed by atoms with E-state index in [0.29, 0.717) is 6.61 Å². The molecule has 8 heteroatoms. The molecule has 1 heterocycles. The molecule has 1 aromatic rings. The van der Waals surface area contributed by atoms with Crippen molar-refractivity contribution in [1.29, 1.82) is 0 Å². The Labute approximate surface area is 130 Å². The van der Waals surface area contributed by atoms with Crippen LogP contribution in [0.15, 0.2) is 29.2 Å². The van der Waals surface area contributed by atoms with Crippen LogP contribution in [0.4, 0.5) is 5.69 Å². The molecule has 1 aromatic carbocycles. The summed E-state index contributed by atoms with van der Waals surface area (Å²) in [7, 11) is -3.76. The number of hydrogen-bond donors (Lipinski definition) is 0. The van der Waals surface area contributed by atoms with Gasteiger partial charge in [0.1, 0.15) is 0 Å². The lowest BCUT2D eigenvalue weighted by atomic mass is 9.88. The molecule has 1 aliphatic heterocycles. The number of non-ortho nitro benzene ring substituents is 1. The van der Waals surface area contributed by atoms with Crippen LogP contribution in [0, 0.1) is 15.5 Å². The second kappa shape index (κ2) is 5.94. The van der Waals surface area contributed by atoms with Crippen LogP contribution in [0.5, 0.6) is 0 Å². The minimum Gasteiger partial charge on any atom is -0.375 e. The molecule has 0 aromatic heterocycles. The van der Waals surface area contributed by atoms with Crippen LogP contribution in [-0.2, 0) is 14.8 Å². The third-order valence-corrected chi connectivity index (χ3v) is 5.52. The van der Waals surface area contributed by atoms with E-state index < -0.39 is 14.9 Å². The lowest BCUT2D eigenvalue weighted by Gasteiger charge is -2.38. The smallest absolute Gasteiger partial charge is 0.270 e. The summed E-state index contributed by atoms with van der Waals surface area (Å²) >= 11 is 0. The van der Waals surface area contributed by atoms with Gasteiger partial charge >= 0.3 is 0 Å². The van der Waals surface area contributed by atoms with Gasteiger partial charge in [0, 0.05) is 25.2 Å². The maximum absolute atomic E-state index is 12.7. The van der Waals surface area contributed by atoms with Crippen LogP contribution < -0.4 is 0 Å². The molecule has 0 radical (unpaired) electrons. The number of nitro benzene ring substituents is 1. The molecule has 1 aliphatic rings. The molecule has 0 unspecified atom stereocenters. The van der Waals surface area contributed by atoms with E-state index in [9.17, 15) is 18.5 Å². The zero-order valence-electron chi connectivity index (χ0n) is 12.9. The monoisotopic (exact) mass is 328 g/mol. The SMILES string of the molecule is CC(C)(C)[C@@H]1CN(S(=O)(=O)c2cccc([N+](=O)[O-])c2)CCO1. The van der Waals surface area contributed by atoms with E-state index in [1.165, 1.54) is 22.5 Å². The fraction of sp³-hybridized carbons (Fsp3) is 0.571. The predicted molar refractivity (Wildman–Crippen MR) is 81.1 cm³/mol. The summed E-state index contributed by atoms with van der Waals surface area (Å²) < 4.78 is 32.4. The highest BCUT2D eigenvalue weighted by Crippen LogP contribution is 2.28. The van der Waals surface area contributed by atoms with Crippen molar-refractivity contribution in [2.45, 2.75) is 31.8 Å². The van der Waals surface area contributed by atoms with Crippen molar-refractivity contribution < 1.29 is 18.1 Å². The van der Waals surface area contributed by atoms with Gasteiger partial charge in [-0.15, -0.1) is 0 Å². The Hall–Kier alpha value is -1.51. The van der Waals surface area contributed by atoms with Crippen molar-refractivity contribution in [3.63, 3.8) is 0 Å². The van der Waals surface area contributed by atoms with E-state index in [2.05, 4.69) is 0 Å². The molecule has 2 rings (SSSR count). The number of benzene rings is 1. The Morgan fingerprint density at radius 1 is 1.36 bits per heavy atom. The highest BCUT2D eigenvalue weighted by atomic mass is 32.2. The first-order chi connectivity index (χ1) is 10.1. The minimum absolute atomic E-state index is 0.0590. The van der Waals surface area contributed by atoms with Crippen LogP contribution in [0.1, 0.15) is 20.8 Å². The molecule has 7 nitrogen and oxygen atoms in total. The summed E-state index contributed by atoms with van der Waals surface area (Å²) in [6.45, 7) is 6.77. The van der Waals surface area contributed by atoms with Crippen LogP contribution in [0.2, 0.25) is 0 Å². The Bertz CT molecular complexity index is 666. The molecular formula is C14H20N2O5S. The standard InChI is InChI=1S/C14H20N2O5S/c1-14(2,3)13-10-15(7-8-21-13)22(19,20)12-6-4-5-11(9-12)16(17)18/h4-6,9,13H,7-8,10H2,1-3H3/t13-/m0/s1. The average molecular weight is 328 g/mol. The van der Waals surface area contributed by atoms with E-state index in [1.807, 2.05) is 20.8 Å².